The molecule has 5 heteroatoms. The average Bonchev–Trinajstić information content (AvgIpc) is 2.50. The van der Waals surface area contributed by atoms with Gasteiger partial charge in [0.2, 0.25) is 0 Å². The molecule has 0 fully saturated rings. The Morgan fingerprint density at radius 2 is 2.09 bits per heavy atom. The highest BCUT2D eigenvalue weighted by atomic mass is 16.5. The van der Waals surface area contributed by atoms with E-state index in [9.17, 15) is 9.90 Å². The number of unbranched alkanes of at least 4 members (excludes halogenated alkanes) is 1. The summed E-state index contributed by atoms with van der Waals surface area (Å²) in [6, 6.07) is 5.13. The zero-order valence-corrected chi connectivity index (χ0v) is 13.7. The van der Waals surface area contributed by atoms with Gasteiger partial charge < -0.3 is 19.9 Å². The maximum atomic E-state index is 11.6. The lowest BCUT2D eigenvalue weighted by atomic mass is 10.1. The van der Waals surface area contributed by atoms with Crippen LogP contribution in [0, 0.1) is 0 Å². The fourth-order valence-corrected chi connectivity index (χ4v) is 1.98. The minimum absolute atomic E-state index is 0.0754. The van der Waals surface area contributed by atoms with E-state index < -0.39 is 6.10 Å². The van der Waals surface area contributed by atoms with Gasteiger partial charge in [0.1, 0.15) is 24.2 Å². The minimum Gasteiger partial charge on any atom is -0.494 e. The lowest BCUT2D eigenvalue weighted by molar-refractivity contribution is 0.0973. The van der Waals surface area contributed by atoms with E-state index in [1.54, 1.807) is 18.2 Å². The maximum absolute atomic E-state index is 11.6. The molecule has 0 aliphatic rings. The summed E-state index contributed by atoms with van der Waals surface area (Å²) in [6.45, 7) is 7.54. The Morgan fingerprint density at radius 3 is 2.73 bits per heavy atom. The van der Waals surface area contributed by atoms with Gasteiger partial charge in [0, 0.05) is 12.6 Å². The SMILES string of the molecule is CCCCNCC(O)COc1cc(OCC)ccc1C(C)=O. The zero-order valence-electron chi connectivity index (χ0n) is 13.7. The molecule has 0 bridgehead atoms. The number of hydrogen-bond donors (Lipinski definition) is 2. The van der Waals surface area contributed by atoms with Gasteiger partial charge in [-0.2, -0.15) is 0 Å². The second kappa shape index (κ2) is 10.2. The highest BCUT2D eigenvalue weighted by Crippen LogP contribution is 2.25. The van der Waals surface area contributed by atoms with E-state index in [2.05, 4.69) is 12.2 Å². The van der Waals surface area contributed by atoms with Crippen LogP contribution in [0.25, 0.3) is 0 Å². The summed E-state index contributed by atoms with van der Waals surface area (Å²) in [6.07, 6.45) is 1.58. The van der Waals surface area contributed by atoms with E-state index in [0.29, 0.717) is 30.2 Å². The third-order valence-electron chi connectivity index (χ3n) is 3.16. The maximum Gasteiger partial charge on any atom is 0.163 e. The fourth-order valence-electron chi connectivity index (χ4n) is 1.98. The highest BCUT2D eigenvalue weighted by molar-refractivity contribution is 5.97. The number of Topliss-reactive ketones (excluding diaryl/α,β-unsaturated/α-hetero) is 1. The lowest BCUT2D eigenvalue weighted by Gasteiger charge is -2.15. The van der Waals surface area contributed by atoms with Gasteiger partial charge in [-0.25, -0.2) is 0 Å². The summed E-state index contributed by atoms with van der Waals surface area (Å²) >= 11 is 0. The molecule has 0 aliphatic heterocycles. The molecule has 1 atom stereocenters. The normalized spacial score (nSPS) is 12.0. The van der Waals surface area contributed by atoms with Crippen molar-refractivity contribution in [2.45, 2.75) is 39.7 Å². The molecule has 1 aromatic rings. The number of ether oxygens (including phenoxy) is 2. The molecule has 5 nitrogen and oxygen atoms in total. The Kier molecular flexibility index (Phi) is 8.55. The standard InChI is InChI=1S/C17H27NO4/c1-4-6-9-18-11-14(20)12-22-17-10-15(21-5-2)7-8-16(17)13(3)19/h7-8,10,14,18,20H,4-6,9,11-12H2,1-3H3. The molecular weight excluding hydrogens is 282 g/mol. The van der Waals surface area contributed by atoms with Crippen LogP contribution >= 0.6 is 0 Å². The van der Waals surface area contributed by atoms with Crippen LogP contribution < -0.4 is 14.8 Å². The Morgan fingerprint density at radius 1 is 1.32 bits per heavy atom. The molecule has 1 aromatic carbocycles. The predicted molar refractivity (Wildman–Crippen MR) is 86.9 cm³/mol. The number of carbonyl (C=O) groups is 1. The summed E-state index contributed by atoms with van der Waals surface area (Å²) in [4.78, 5) is 11.6. The molecule has 22 heavy (non-hydrogen) atoms. The van der Waals surface area contributed by atoms with Crippen LogP contribution in [0.15, 0.2) is 18.2 Å². The largest absolute Gasteiger partial charge is 0.494 e. The molecule has 124 valence electrons. The van der Waals surface area contributed by atoms with Crippen molar-refractivity contribution in [2.75, 3.05) is 26.3 Å². The molecule has 2 N–H and O–H groups in total. The molecule has 1 unspecified atom stereocenters. The number of nitrogens with one attached hydrogen (secondary N) is 1. The van der Waals surface area contributed by atoms with Gasteiger partial charge in [-0.1, -0.05) is 13.3 Å². The number of hydrogen-bond acceptors (Lipinski definition) is 5. The van der Waals surface area contributed by atoms with E-state index in [1.807, 2.05) is 6.92 Å². The van der Waals surface area contributed by atoms with Gasteiger partial charge in [0.15, 0.2) is 5.78 Å². The second-order valence-corrected chi connectivity index (χ2v) is 5.17. The summed E-state index contributed by atoms with van der Waals surface area (Å²) in [5.74, 6) is 1.03. The summed E-state index contributed by atoms with van der Waals surface area (Å²) in [5, 5.41) is 13.1. The quantitative estimate of drug-likeness (QED) is 0.485. The molecule has 0 amide bonds. The lowest BCUT2D eigenvalue weighted by Crippen LogP contribution is -2.32. The monoisotopic (exact) mass is 309 g/mol. The Bertz CT molecular complexity index is 462. The van der Waals surface area contributed by atoms with E-state index in [0.717, 1.165) is 19.4 Å². The molecule has 1 rings (SSSR count). The van der Waals surface area contributed by atoms with Crippen molar-refractivity contribution in [1.29, 1.82) is 0 Å². The average molecular weight is 309 g/mol. The minimum atomic E-state index is -0.618. The van der Waals surface area contributed by atoms with Gasteiger partial charge in [-0.3, -0.25) is 4.79 Å². The highest BCUT2D eigenvalue weighted by Gasteiger charge is 2.12. The van der Waals surface area contributed by atoms with E-state index in [-0.39, 0.29) is 12.4 Å². The topological polar surface area (TPSA) is 67.8 Å². The first-order valence-electron chi connectivity index (χ1n) is 7.87. The number of aliphatic hydroxyl groups is 1. The summed E-state index contributed by atoms with van der Waals surface area (Å²) in [5.41, 5.74) is 0.495. The first-order valence-corrected chi connectivity index (χ1v) is 7.87. The number of carbonyl (C=O) groups excluding carboxylic acids is 1. The summed E-state index contributed by atoms with van der Waals surface area (Å²) < 4.78 is 11.0. The van der Waals surface area contributed by atoms with Crippen LogP contribution in [-0.2, 0) is 0 Å². The Hall–Kier alpha value is -1.59. The van der Waals surface area contributed by atoms with Crippen molar-refractivity contribution in [1.82, 2.24) is 5.32 Å². The van der Waals surface area contributed by atoms with Crippen LogP contribution in [-0.4, -0.2) is 43.3 Å². The molecule has 0 radical (unpaired) electrons. The van der Waals surface area contributed by atoms with E-state index >= 15 is 0 Å². The van der Waals surface area contributed by atoms with Gasteiger partial charge >= 0.3 is 0 Å². The summed E-state index contributed by atoms with van der Waals surface area (Å²) in [7, 11) is 0. The second-order valence-electron chi connectivity index (χ2n) is 5.17. The molecule has 0 aromatic heterocycles. The Labute approximate surface area is 132 Å². The third kappa shape index (κ3) is 6.45. The zero-order chi connectivity index (χ0) is 16.4. The molecule has 0 spiro atoms. The van der Waals surface area contributed by atoms with E-state index in [1.165, 1.54) is 6.92 Å². The number of benzene rings is 1. The van der Waals surface area contributed by atoms with Crippen molar-refractivity contribution in [2.24, 2.45) is 0 Å². The van der Waals surface area contributed by atoms with Gasteiger partial charge in [0.25, 0.3) is 0 Å². The molecule has 0 saturated carbocycles. The van der Waals surface area contributed by atoms with Gasteiger partial charge in [-0.05, 0) is 38.9 Å². The Balaban J connectivity index is 2.58. The van der Waals surface area contributed by atoms with E-state index in [4.69, 9.17) is 9.47 Å². The number of rotatable bonds is 11. The van der Waals surface area contributed by atoms with Crippen molar-refractivity contribution in [3.8, 4) is 11.5 Å². The van der Waals surface area contributed by atoms with Crippen molar-refractivity contribution in [3.05, 3.63) is 23.8 Å². The first-order chi connectivity index (χ1) is 10.6. The molecular formula is C17H27NO4. The van der Waals surface area contributed by atoms with Crippen LogP contribution in [0.3, 0.4) is 0 Å². The van der Waals surface area contributed by atoms with Gasteiger partial charge in [-0.15, -0.1) is 0 Å². The fraction of sp³-hybridized carbons (Fsp3) is 0.588. The van der Waals surface area contributed by atoms with Crippen molar-refractivity contribution in [3.63, 3.8) is 0 Å². The predicted octanol–water partition coefficient (Wildman–Crippen LogP) is 2.42. The molecule has 0 heterocycles. The van der Waals surface area contributed by atoms with Crippen LogP contribution in [0.1, 0.15) is 44.0 Å². The molecule has 0 saturated heterocycles. The van der Waals surface area contributed by atoms with Crippen LogP contribution in [0.5, 0.6) is 11.5 Å². The van der Waals surface area contributed by atoms with Crippen LogP contribution in [0.4, 0.5) is 0 Å². The first kappa shape index (κ1) is 18.5. The smallest absolute Gasteiger partial charge is 0.163 e. The molecule has 0 aliphatic carbocycles. The third-order valence-corrected chi connectivity index (χ3v) is 3.16. The van der Waals surface area contributed by atoms with Gasteiger partial charge in [0.05, 0.1) is 12.2 Å². The van der Waals surface area contributed by atoms with Crippen molar-refractivity contribution >= 4 is 5.78 Å². The number of ketones is 1. The number of aliphatic hydroxyl groups excluding tert-OH is 1. The van der Waals surface area contributed by atoms with Crippen LogP contribution in [0.2, 0.25) is 0 Å². The van der Waals surface area contributed by atoms with Crippen molar-refractivity contribution < 1.29 is 19.4 Å².